The van der Waals surface area contributed by atoms with Gasteiger partial charge in [0.1, 0.15) is 10.8 Å². The normalized spacial score (nSPS) is 16.6. The molecule has 1 unspecified atom stereocenters. The first-order chi connectivity index (χ1) is 15.8. The van der Waals surface area contributed by atoms with Crippen molar-refractivity contribution in [3.05, 3.63) is 52.0 Å². The summed E-state index contributed by atoms with van der Waals surface area (Å²) >= 11 is 4.39. The summed E-state index contributed by atoms with van der Waals surface area (Å²) in [6.07, 6.45) is 1.19. The number of amidine groups is 1. The van der Waals surface area contributed by atoms with Gasteiger partial charge in [0.2, 0.25) is 11.8 Å². The summed E-state index contributed by atoms with van der Waals surface area (Å²) in [4.78, 5) is 36.1. The number of carbonyl (C=O) groups is 3. The first kappa shape index (κ1) is 24.3. The second kappa shape index (κ2) is 11.0. The van der Waals surface area contributed by atoms with Crippen LogP contribution in [0.5, 0.6) is 11.5 Å². The topological polar surface area (TPSA) is 139 Å². The molecule has 0 saturated carbocycles. The number of halogens is 1. The van der Waals surface area contributed by atoms with Crippen LogP contribution >= 0.6 is 27.7 Å². The van der Waals surface area contributed by atoms with E-state index in [1.54, 1.807) is 30.3 Å². The number of ether oxygens (including phenoxy) is 2. The largest absolute Gasteiger partial charge is 0.493 e. The molecule has 172 valence electrons. The summed E-state index contributed by atoms with van der Waals surface area (Å²) in [5.41, 5.74) is 0.727. The van der Waals surface area contributed by atoms with Crippen molar-refractivity contribution in [3.63, 3.8) is 0 Å². The van der Waals surface area contributed by atoms with E-state index < -0.39 is 11.2 Å². The van der Waals surface area contributed by atoms with Crippen molar-refractivity contribution >= 4 is 62.5 Å². The Morgan fingerprint density at radius 3 is 2.58 bits per heavy atom. The van der Waals surface area contributed by atoms with Crippen LogP contribution < -0.4 is 20.1 Å². The highest BCUT2D eigenvalue weighted by Gasteiger charge is 2.32. The summed E-state index contributed by atoms with van der Waals surface area (Å²) in [6, 6.07) is 10.1. The quantitative estimate of drug-likeness (QED) is 0.349. The standard InChI is InChI=1S/C21H19BrN4O6S/c1-31-14-8-3-11(17(20(29)30)18(14)32-2)10-23-26-21-25-19(28)15(33-21)9-16(27)24-13-6-4-12(22)5-7-13/h3-8,10,15H,9H2,1-2H3,(H,24,27)(H,29,30)(H,25,26,28)/b23-10-. The molecule has 2 aromatic rings. The van der Waals surface area contributed by atoms with Crippen LogP contribution in [0.15, 0.2) is 51.1 Å². The Labute approximate surface area is 201 Å². The van der Waals surface area contributed by atoms with Crippen molar-refractivity contribution in [2.24, 2.45) is 10.2 Å². The molecule has 0 bridgehead atoms. The van der Waals surface area contributed by atoms with Crippen LogP contribution in [-0.4, -0.2) is 53.7 Å². The molecule has 2 aromatic carbocycles. The fraction of sp³-hybridized carbons (Fsp3) is 0.190. The number of hydrogen-bond donors (Lipinski definition) is 3. The van der Waals surface area contributed by atoms with Crippen molar-refractivity contribution in [3.8, 4) is 11.5 Å². The van der Waals surface area contributed by atoms with Gasteiger partial charge in [-0.1, -0.05) is 27.7 Å². The fourth-order valence-corrected chi connectivity index (χ4v) is 4.10. The van der Waals surface area contributed by atoms with Crippen LogP contribution in [0, 0.1) is 0 Å². The van der Waals surface area contributed by atoms with Crippen molar-refractivity contribution in [1.29, 1.82) is 0 Å². The lowest BCUT2D eigenvalue weighted by atomic mass is 10.1. The summed E-state index contributed by atoms with van der Waals surface area (Å²) in [5, 5.41) is 22.2. The number of nitrogens with one attached hydrogen (secondary N) is 2. The van der Waals surface area contributed by atoms with E-state index in [1.807, 2.05) is 0 Å². The monoisotopic (exact) mass is 534 g/mol. The number of benzene rings is 2. The van der Waals surface area contributed by atoms with E-state index in [0.29, 0.717) is 5.69 Å². The van der Waals surface area contributed by atoms with Gasteiger partial charge in [0.05, 0.1) is 20.4 Å². The molecule has 0 aliphatic carbocycles. The van der Waals surface area contributed by atoms with Crippen molar-refractivity contribution in [1.82, 2.24) is 5.32 Å². The van der Waals surface area contributed by atoms with E-state index in [0.717, 1.165) is 16.2 Å². The lowest BCUT2D eigenvalue weighted by molar-refractivity contribution is -0.122. The van der Waals surface area contributed by atoms with Gasteiger partial charge >= 0.3 is 5.97 Å². The Morgan fingerprint density at radius 2 is 1.94 bits per heavy atom. The third kappa shape index (κ3) is 6.11. The van der Waals surface area contributed by atoms with E-state index in [2.05, 4.69) is 36.8 Å². The molecule has 12 heteroatoms. The molecule has 1 aliphatic rings. The van der Waals surface area contributed by atoms with Crippen molar-refractivity contribution in [2.75, 3.05) is 19.5 Å². The molecule has 0 spiro atoms. The molecule has 1 saturated heterocycles. The average molecular weight is 535 g/mol. The van der Waals surface area contributed by atoms with Gasteiger partial charge in [-0.3, -0.25) is 9.59 Å². The number of thioether (sulfide) groups is 1. The van der Waals surface area contributed by atoms with Crippen molar-refractivity contribution < 1.29 is 29.0 Å². The molecule has 1 heterocycles. The number of amides is 2. The SMILES string of the molecule is COc1ccc(/C=N\N=C2NC(=O)C(CC(=O)Nc3ccc(Br)cc3)S2)c(C(=O)O)c1OC. The number of methoxy groups -OCH3 is 2. The Bertz CT molecular complexity index is 1140. The molecular weight excluding hydrogens is 516 g/mol. The number of carbonyl (C=O) groups excluding carboxylic acids is 2. The number of carboxylic acids is 1. The van der Waals surface area contributed by atoms with Gasteiger partial charge < -0.3 is 25.2 Å². The molecular formula is C21H19BrN4O6S. The molecule has 3 rings (SSSR count). The minimum Gasteiger partial charge on any atom is -0.493 e. The van der Waals surface area contributed by atoms with Crippen molar-refractivity contribution in [2.45, 2.75) is 11.7 Å². The van der Waals surface area contributed by atoms with Gasteiger partial charge in [-0.05, 0) is 36.4 Å². The van der Waals surface area contributed by atoms with Gasteiger partial charge in [-0.15, -0.1) is 5.10 Å². The predicted molar refractivity (Wildman–Crippen MR) is 128 cm³/mol. The van der Waals surface area contributed by atoms with E-state index >= 15 is 0 Å². The minimum absolute atomic E-state index is 0.0475. The van der Waals surface area contributed by atoms with Gasteiger partial charge in [-0.2, -0.15) is 5.10 Å². The van der Waals surface area contributed by atoms with Gasteiger partial charge in [0.25, 0.3) is 0 Å². The molecule has 1 aliphatic heterocycles. The zero-order chi connectivity index (χ0) is 24.0. The van der Waals surface area contributed by atoms with Crippen LogP contribution in [0.3, 0.4) is 0 Å². The predicted octanol–water partition coefficient (Wildman–Crippen LogP) is 3.11. The smallest absolute Gasteiger partial charge is 0.340 e. The number of aromatic carboxylic acids is 1. The lowest BCUT2D eigenvalue weighted by Crippen LogP contribution is -2.28. The summed E-state index contributed by atoms with van der Waals surface area (Å²) < 4.78 is 11.2. The third-order valence-electron chi connectivity index (χ3n) is 4.41. The van der Waals surface area contributed by atoms with Gasteiger partial charge in [0, 0.05) is 22.1 Å². The number of nitrogens with zero attached hydrogens (tertiary/aromatic N) is 2. The maximum atomic E-state index is 12.3. The van der Waals surface area contributed by atoms with Gasteiger partial charge in [0.15, 0.2) is 16.7 Å². The summed E-state index contributed by atoms with van der Waals surface area (Å²) in [6.45, 7) is 0. The maximum Gasteiger partial charge on any atom is 0.340 e. The second-order valence-electron chi connectivity index (χ2n) is 6.58. The minimum atomic E-state index is -1.22. The highest BCUT2D eigenvalue weighted by molar-refractivity contribution is 9.10. The maximum absolute atomic E-state index is 12.3. The Balaban J connectivity index is 1.67. The zero-order valence-corrected chi connectivity index (χ0v) is 19.9. The van der Waals surface area contributed by atoms with E-state index in [1.165, 1.54) is 26.5 Å². The lowest BCUT2D eigenvalue weighted by Gasteiger charge is -2.11. The molecule has 0 radical (unpaired) electrons. The van der Waals surface area contributed by atoms with E-state index in [-0.39, 0.29) is 46.0 Å². The molecule has 1 atom stereocenters. The number of carboxylic acid groups (broad SMARTS) is 1. The van der Waals surface area contributed by atoms with Crippen LogP contribution in [0.2, 0.25) is 0 Å². The molecule has 0 aromatic heterocycles. The summed E-state index contributed by atoms with van der Waals surface area (Å²) in [7, 11) is 2.74. The zero-order valence-electron chi connectivity index (χ0n) is 17.5. The highest BCUT2D eigenvalue weighted by Crippen LogP contribution is 2.33. The molecule has 10 nitrogen and oxygen atoms in total. The van der Waals surface area contributed by atoms with Crippen LogP contribution in [0.1, 0.15) is 22.3 Å². The molecule has 33 heavy (non-hydrogen) atoms. The Hall–Kier alpha value is -3.38. The third-order valence-corrected chi connectivity index (χ3v) is 6.01. The second-order valence-corrected chi connectivity index (χ2v) is 8.68. The number of anilines is 1. The van der Waals surface area contributed by atoms with Gasteiger partial charge in [-0.25, -0.2) is 4.79 Å². The highest BCUT2D eigenvalue weighted by atomic mass is 79.9. The number of hydrogen-bond acceptors (Lipinski definition) is 8. The first-order valence-corrected chi connectivity index (χ1v) is 11.1. The van der Waals surface area contributed by atoms with Crippen LogP contribution in [-0.2, 0) is 9.59 Å². The molecule has 3 N–H and O–H groups in total. The van der Waals surface area contributed by atoms with E-state index in [4.69, 9.17) is 9.47 Å². The first-order valence-electron chi connectivity index (χ1n) is 9.44. The molecule has 1 fully saturated rings. The Kier molecular flexibility index (Phi) is 8.06. The fourth-order valence-electron chi connectivity index (χ4n) is 2.91. The Morgan fingerprint density at radius 1 is 1.21 bits per heavy atom. The average Bonchev–Trinajstić information content (AvgIpc) is 3.13. The number of rotatable bonds is 8. The van der Waals surface area contributed by atoms with Crippen LogP contribution in [0.25, 0.3) is 0 Å². The van der Waals surface area contributed by atoms with Crippen LogP contribution in [0.4, 0.5) is 5.69 Å². The molecule has 2 amide bonds. The van der Waals surface area contributed by atoms with E-state index in [9.17, 15) is 19.5 Å². The summed E-state index contributed by atoms with van der Waals surface area (Å²) in [5.74, 6) is -1.58.